The van der Waals surface area contributed by atoms with Gasteiger partial charge in [0.15, 0.2) is 0 Å². The van der Waals surface area contributed by atoms with Crippen LogP contribution in [0.2, 0.25) is 0 Å². The maximum Gasteiger partial charge on any atom is 0.257 e. The van der Waals surface area contributed by atoms with E-state index < -0.39 is 0 Å². The zero-order chi connectivity index (χ0) is 22.0. The molecule has 6 nitrogen and oxygen atoms in total. The summed E-state index contributed by atoms with van der Waals surface area (Å²) >= 11 is 0. The van der Waals surface area contributed by atoms with Crippen molar-refractivity contribution in [1.29, 1.82) is 0 Å². The van der Waals surface area contributed by atoms with E-state index in [2.05, 4.69) is 67.3 Å². The van der Waals surface area contributed by atoms with Gasteiger partial charge in [-0.05, 0) is 50.9 Å². The molecule has 1 fully saturated rings. The standard InChI is InChI=1S/C25H30N4O2/c1-17-3-7-19(8-4-17)22-15-23(20-9-5-18(2)6-10-20)29(27-22)24(30)16-28-13-11-21(12-14-28)25(26)31/h3-10,21,23H,11-16H2,1-2H3,(H2,26,31). The summed E-state index contributed by atoms with van der Waals surface area (Å²) in [4.78, 5) is 26.8. The molecule has 2 heterocycles. The molecular formula is C25H30N4O2. The van der Waals surface area contributed by atoms with Crippen molar-refractivity contribution >= 4 is 17.5 Å². The molecule has 0 aromatic heterocycles. The number of piperidine rings is 1. The van der Waals surface area contributed by atoms with Crippen molar-refractivity contribution in [3.8, 4) is 0 Å². The lowest BCUT2D eigenvalue weighted by Crippen LogP contribution is -2.44. The van der Waals surface area contributed by atoms with Gasteiger partial charge in [0.25, 0.3) is 5.91 Å². The Morgan fingerprint density at radius 1 is 0.968 bits per heavy atom. The van der Waals surface area contributed by atoms with Crippen molar-refractivity contribution in [2.75, 3.05) is 19.6 Å². The van der Waals surface area contributed by atoms with Crippen LogP contribution in [-0.4, -0.2) is 47.1 Å². The van der Waals surface area contributed by atoms with Gasteiger partial charge in [-0.2, -0.15) is 5.10 Å². The number of likely N-dealkylation sites (tertiary alicyclic amines) is 1. The van der Waals surface area contributed by atoms with Crippen LogP contribution in [0.15, 0.2) is 53.6 Å². The molecule has 0 spiro atoms. The second-order valence-electron chi connectivity index (χ2n) is 8.73. The zero-order valence-corrected chi connectivity index (χ0v) is 18.3. The second-order valence-corrected chi connectivity index (χ2v) is 8.73. The summed E-state index contributed by atoms with van der Waals surface area (Å²) in [6, 6.07) is 16.5. The maximum atomic E-state index is 13.3. The Labute approximate surface area is 183 Å². The lowest BCUT2D eigenvalue weighted by atomic mass is 9.96. The highest BCUT2D eigenvalue weighted by atomic mass is 16.2. The van der Waals surface area contributed by atoms with Gasteiger partial charge in [-0.15, -0.1) is 0 Å². The van der Waals surface area contributed by atoms with E-state index in [1.54, 1.807) is 5.01 Å². The van der Waals surface area contributed by atoms with Crippen LogP contribution in [-0.2, 0) is 9.59 Å². The smallest absolute Gasteiger partial charge is 0.257 e. The number of nitrogens with zero attached hydrogens (tertiary/aromatic N) is 3. The van der Waals surface area contributed by atoms with Crippen LogP contribution in [0.3, 0.4) is 0 Å². The van der Waals surface area contributed by atoms with Crippen molar-refractivity contribution < 1.29 is 9.59 Å². The number of primary amides is 1. The van der Waals surface area contributed by atoms with Gasteiger partial charge in [-0.3, -0.25) is 14.5 Å². The molecule has 2 aromatic carbocycles. The summed E-state index contributed by atoms with van der Waals surface area (Å²) in [5, 5.41) is 6.44. The molecule has 2 N–H and O–H groups in total. The topological polar surface area (TPSA) is 79.0 Å². The third kappa shape index (κ3) is 4.85. The predicted octanol–water partition coefficient (Wildman–Crippen LogP) is 3.18. The van der Waals surface area contributed by atoms with Gasteiger partial charge in [0, 0.05) is 12.3 Å². The highest BCUT2D eigenvalue weighted by Crippen LogP contribution is 2.33. The van der Waals surface area contributed by atoms with Crippen molar-refractivity contribution in [2.45, 2.75) is 39.2 Å². The largest absolute Gasteiger partial charge is 0.369 e. The average Bonchev–Trinajstić information content (AvgIpc) is 3.21. The molecule has 1 saturated heterocycles. The lowest BCUT2D eigenvalue weighted by Gasteiger charge is -2.31. The summed E-state index contributed by atoms with van der Waals surface area (Å²) in [5.41, 5.74) is 10.9. The van der Waals surface area contributed by atoms with Gasteiger partial charge in [0.2, 0.25) is 5.91 Å². The Morgan fingerprint density at radius 2 is 1.55 bits per heavy atom. The Balaban J connectivity index is 1.53. The fourth-order valence-electron chi connectivity index (χ4n) is 4.35. The Bertz CT molecular complexity index is 974. The lowest BCUT2D eigenvalue weighted by molar-refractivity contribution is -0.134. The van der Waals surface area contributed by atoms with Crippen molar-refractivity contribution in [2.24, 2.45) is 16.8 Å². The van der Waals surface area contributed by atoms with Crippen LogP contribution >= 0.6 is 0 Å². The van der Waals surface area contributed by atoms with Crippen molar-refractivity contribution in [1.82, 2.24) is 9.91 Å². The minimum Gasteiger partial charge on any atom is -0.369 e. The summed E-state index contributed by atoms with van der Waals surface area (Å²) < 4.78 is 0. The van der Waals surface area contributed by atoms with E-state index in [0.717, 1.165) is 16.8 Å². The van der Waals surface area contributed by atoms with Gasteiger partial charge >= 0.3 is 0 Å². The van der Waals surface area contributed by atoms with Crippen molar-refractivity contribution in [3.05, 3.63) is 70.8 Å². The first-order chi connectivity index (χ1) is 14.9. The van der Waals surface area contributed by atoms with E-state index in [1.165, 1.54) is 11.1 Å². The van der Waals surface area contributed by atoms with Gasteiger partial charge in [0.1, 0.15) is 0 Å². The number of benzene rings is 2. The Hall–Kier alpha value is -2.99. The quantitative estimate of drug-likeness (QED) is 0.810. The summed E-state index contributed by atoms with van der Waals surface area (Å²) in [5.74, 6) is -0.327. The van der Waals surface area contributed by atoms with Crippen LogP contribution in [0.1, 0.15) is 47.6 Å². The molecule has 6 heteroatoms. The highest BCUT2D eigenvalue weighted by molar-refractivity contribution is 6.03. The predicted molar refractivity (Wildman–Crippen MR) is 121 cm³/mol. The SMILES string of the molecule is Cc1ccc(C2=NN(C(=O)CN3CCC(C(N)=O)CC3)C(c3ccc(C)cc3)C2)cc1. The molecular weight excluding hydrogens is 388 g/mol. The number of aryl methyl sites for hydroxylation is 2. The number of carbonyl (C=O) groups excluding carboxylic acids is 2. The van der Waals surface area contributed by atoms with Crippen LogP contribution in [0.5, 0.6) is 0 Å². The molecule has 31 heavy (non-hydrogen) atoms. The Kier molecular flexibility index (Phi) is 6.18. The van der Waals surface area contributed by atoms with E-state index >= 15 is 0 Å². The fourth-order valence-corrected chi connectivity index (χ4v) is 4.35. The summed E-state index contributed by atoms with van der Waals surface area (Å²) in [6.07, 6.45) is 2.12. The molecule has 4 rings (SSSR count). The normalized spacial score (nSPS) is 20.0. The summed E-state index contributed by atoms with van der Waals surface area (Å²) in [6.45, 7) is 5.84. The molecule has 2 aliphatic rings. The van der Waals surface area contributed by atoms with Crippen LogP contribution in [0, 0.1) is 19.8 Å². The number of hydrogen-bond acceptors (Lipinski definition) is 4. The molecule has 2 aliphatic heterocycles. The average molecular weight is 419 g/mol. The molecule has 0 bridgehead atoms. The molecule has 0 saturated carbocycles. The first kappa shape index (κ1) is 21.2. The van der Waals surface area contributed by atoms with E-state index in [4.69, 9.17) is 10.8 Å². The summed E-state index contributed by atoms with van der Waals surface area (Å²) in [7, 11) is 0. The molecule has 2 amide bonds. The van der Waals surface area contributed by atoms with E-state index in [9.17, 15) is 9.59 Å². The Morgan fingerprint density at radius 3 is 2.13 bits per heavy atom. The van der Waals surface area contributed by atoms with Gasteiger partial charge in [-0.25, -0.2) is 5.01 Å². The minimum absolute atomic E-state index is 0.00906. The van der Waals surface area contributed by atoms with Crippen LogP contribution in [0.25, 0.3) is 0 Å². The van der Waals surface area contributed by atoms with E-state index in [-0.39, 0.29) is 23.8 Å². The molecule has 1 atom stereocenters. The second kappa shape index (κ2) is 9.02. The maximum absolute atomic E-state index is 13.3. The van der Waals surface area contributed by atoms with Gasteiger partial charge in [0.05, 0.1) is 18.3 Å². The molecule has 162 valence electrons. The number of rotatable bonds is 5. The van der Waals surface area contributed by atoms with Crippen LogP contribution in [0.4, 0.5) is 0 Å². The number of carbonyl (C=O) groups is 2. The molecule has 2 aromatic rings. The minimum atomic E-state index is -0.239. The van der Waals surface area contributed by atoms with Crippen molar-refractivity contribution in [3.63, 3.8) is 0 Å². The van der Waals surface area contributed by atoms with Crippen LogP contribution < -0.4 is 5.73 Å². The first-order valence-corrected chi connectivity index (χ1v) is 11.0. The number of nitrogens with two attached hydrogens (primary N) is 1. The van der Waals surface area contributed by atoms with E-state index in [1.807, 2.05) is 0 Å². The first-order valence-electron chi connectivity index (χ1n) is 11.0. The number of hydrogen-bond donors (Lipinski definition) is 1. The van der Waals surface area contributed by atoms with Gasteiger partial charge < -0.3 is 5.73 Å². The van der Waals surface area contributed by atoms with E-state index in [0.29, 0.717) is 38.9 Å². The third-order valence-electron chi connectivity index (χ3n) is 6.36. The highest BCUT2D eigenvalue weighted by Gasteiger charge is 2.34. The molecule has 0 radical (unpaired) electrons. The molecule has 1 unspecified atom stereocenters. The zero-order valence-electron chi connectivity index (χ0n) is 18.3. The number of amides is 2. The monoisotopic (exact) mass is 418 g/mol. The number of hydrazone groups is 1. The fraction of sp³-hybridized carbons (Fsp3) is 0.400. The molecule has 0 aliphatic carbocycles. The van der Waals surface area contributed by atoms with Gasteiger partial charge in [-0.1, -0.05) is 59.7 Å². The third-order valence-corrected chi connectivity index (χ3v) is 6.36.